The van der Waals surface area contributed by atoms with E-state index in [1.54, 1.807) is 12.1 Å². The second-order valence-corrected chi connectivity index (χ2v) is 6.06. The van der Waals surface area contributed by atoms with Gasteiger partial charge >= 0.3 is 6.03 Å². The van der Waals surface area contributed by atoms with Gasteiger partial charge in [-0.25, -0.2) is 4.79 Å². The van der Waals surface area contributed by atoms with E-state index in [0.717, 1.165) is 31.2 Å². The van der Waals surface area contributed by atoms with Gasteiger partial charge in [-0.1, -0.05) is 43.4 Å². The van der Waals surface area contributed by atoms with Crippen molar-refractivity contribution in [3.05, 3.63) is 28.8 Å². The number of halogens is 1. The van der Waals surface area contributed by atoms with E-state index in [-0.39, 0.29) is 6.03 Å². The molecule has 1 saturated carbocycles. The maximum atomic E-state index is 12.1. The smallest absolute Gasteiger partial charge is 0.319 e. The van der Waals surface area contributed by atoms with E-state index < -0.39 is 5.54 Å². The first kappa shape index (κ1) is 15.7. The Morgan fingerprint density at radius 3 is 2.52 bits per heavy atom. The average Bonchev–Trinajstić information content (AvgIpc) is 2.69. The minimum Gasteiger partial charge on any atom is -0.319 e. The fourth-order valence-electron chi connectivity index (χ4n) is 2.65. The first-order valence-electron chi connectivity index (χ1n) is 7.31. The van der Waals surface area contributed by atoms with Crippen molar-refractivity contribution in [3.63, 3.8) is 0 Å². The molecule has 4 nitrogen and oxygen atoms in total. The van der Waals surface area contributed by atoms with Crippen LogP contribution in [0.2, 0.25) is 5.02 Å². The number of benzene rings is 1. The topological polar surface area (TPSA) is 64.9 Å². The summed E-state index contributed by atoms with van der Waals surface area (Å²) in [6.07, 6.45) is 5.63. The summed E-state index contributed by atoms with van der Waals surface area (Å²) < 4.78 is 0. The molecule has 2 amide bonds. The van der Waals surface area contributed by atoms with Gasteiger partial charge < -0.3 is 10.6 Å². The minimum absolute atomic E-state index is 0.349. The van der Waals surface area contributed by atoms with Gasteiger partial charge in [0, 0.05) is 10.7 Å². The summed E-state index contributed by atoms with van der Waals surface area (Å²) >= 11 is 6.04. The van der Waals surface area contributed by atoms with Crippen LogP contribution >= 0.6 is 11.6 Å². The van der Waals surface area contributed by atoms with Gasteiger partial charge in [0.1, 0.15) is 5.54 Å². The molecule has 0 unspecified atom stereocenters. The van der Waals surface area contributed by atoms with Crippen LogP contribution in [0.3, 0.4) is 0 Å². The van der Waals surface area contributed by atoms with E-state index in [4.69, 9.17) is 11.6 Å². The molecule has 0 heterocycles. The molecule has 2 rings (SSSR count). The normalized spacial score (nSPS) is 17.4. The zero-order valence-electron chi connectivity index (χ0n) is 12.2. The molecular formula is C16H20ClN3O. The lowest BCUT2D eigenvalue weighted by molar-refractivity contribution is 0.240. The summed E-state index contributed by atoms with van der Waals surface area (Å²) in [5.74, 6) is 0. The maximum Gasteiger partial charge on any atom is 0.320 e. The molecule has 0 aliphatic heterocycles. The summed E-state index contributed by atoms with van der Waals surface area (Å²) in [7, 11) is 0. The highest BCUT2D eigenvalue weighted by Gasteiger charge is 2.32. The SMILES string of the molecule is Cc1ccc(NC(=O)NC2(C#N)CCCCCC2)cc1Cl. The summed E-state index contributed by atoms with van der Waals surface area (Å²) in [5.41, 5.74) is 0.847. The number of hydrogen-bond acceptors (Lipinski definition) is 2. The van der Waals surface area contributed by atoms with Gasteiger partial charge in [0.2, 0.25) is 0 Å². The van der Waals surface area contributed by atoms with Gasteiger partial charge in [-0.15, -0.1) is 0 Å². The number of nitriles is 1. The Kier molecular flexibility index (Phi) is 5.08. The Morgan fingerprint density at radius 1 is 1.29 bits per heavy atom. The first-order chi connectivity index (χ1) is 10.0. The summed E-state index contributed by atoms with van der Waals surface area (Å²) in [6, 6.07) is 7.31. The second kappa shape index (κ2) is 6.82. The average molecular weight is 306 g/mol. The van der Waals surface area contributed by atoms with Crippen LogP contribution in [-0.2, 0) is 0 Å². The number of amides is 2. The third-order valence-electron chi connectivity index (χ3n) is 3.95. The highest BCUT2D eigenvalue weighted by atomic mass is 35.5. The Labute approximate surface area is 130 Å². The molecule has 1 aliphatic carbocycles. The molecule has 112 valence electrons. The molecule has 2 N–H and O–H groups in total. The number of carbonyl (C=O) groups excluding carboxylic acids is 1. The molecule has 1 fully saturated rings. The monoisotopic (exact) mass is 305 g/mol. The largest absolute Gasteiger partial charge is 0.320 e. The lowest BCUT2D eigenvalue weighted by Gasteiger charge is -2.26. The van der Waals surface area contributed by atoms with E-state index >= 15 is 0 Å². The Morgan fingerprint density at radius 2 is 1.95 bits per heavy atom. The number of aryl methyl sites for hydroxylation is 1. The molecule has 0 bridgehead atoms. The number of hydrogen-bond donors (Lipinski definition) is 2. The molecular weight excluding hydrogens is 286 g/mol. The van der Waals surface area contributed by atoms with E-state index in [0.29, 0.717) is 23.6 Å². The predicted octanol–water partition coefficient (Wildman–Crippen LogP) is 4.39. The molecule has 5 heteroatoms. The third kappa shape index (κ3) is 4.12. The molecule has 0 radical (unpaired) electrons. The van der Waals surface area contributed by atoms with E-state index in [1.165, 1.54) is 0 Å². The third-order valence-corrected chi connectivity index (χ3v) is 4.36. The summed E-state index contributed by atoms with van der Waals surface area (Å²) in [5, 5.41) is 15.7. The second-order valence-electron chi connectivity index (χ2n) is 5.65. The van der Waals surface area contributed by atoms with Crippen molar-refractivity contribution in [2.24, 2.45) is 0 Å². The Hall–Kier alpha value is -1.73. The molecule has 0 atom stereocenters. The molecule has 0 saturated heterocycles. The van der Waals surface area contributed by atoms with Crippen molar-refractivity contribution in [3.8, 4) is 6.07 Å². The summed E-state index contributed by atoms with van der Waals surface area (Å²) in [6.45, 7) is 1.91. The van der Waals surface area contributed by atoms with Crippen LogP contribution in [0.5, 0.6) is 0 Å². The Bertz CT molecular complexity index is 557. The molecule has 1 aromatic carbocycles. The van der Waals surface area contributed by atoms with Gasteiger partial charge in [0.25, 0.3) is 0 Å². The van der Waals surface area contributed by atoms with Crippen LogP contribution in [0, 0.1) is 18.3 Å². The van der Waals surface area contributed by atoms with Crippen molar-refractivity contribution in [2.75, 3.05) is 5.32 Å². The minimum atomic E-state index is -0.741. The summed E-state index contributed by atoms with van der Waals surface area (Å²) in [4.78, 5) is 12.1. The van der Waals surface area contributed by atoms with Crippen molar-refractivity contribution >= 4 is 23.3 Å². The zero-order valence-corrected chi connectivity index (χ0v) is 13.0. The van der Waals surface area contributed by atoms with Gasteiger partial charge in [-0.3, -0.25) is 0 Å². The van der Waals surface area contributed by atoms with Crippen LogP contribution in [0.25, 0.3) is 0 Å². The highest BCUT2D eigenvalue weighted by Crippen LogP contribution is 2.27. The van der Waals surface area contributed by atoms with Crippen LogP contribution < -0.4 is 10.6 Å². The quantitative estimate of drug-likeness (QED) is 0.796. The van der Waals surface area contributed by atoms with Crippen molar-refractivity contribution in [1.82, 2.24) is 5.32 Å². The molecule has 0 aromatic heterocycles. The van der Waals surface area contributed by atoms with Crippen molar-refractivity contribution < 1.29 is 4.79 Å². The van der Waals surface area contributed by atoms with Crippen LogP contribution in [0.1, 0.15) is 44.1 Å². The lowest BCUT2D eigenvalue weighted by atomic mass is 9.92. The van der Waals surface area contributed by atoms with Crippen molar-refractivity contribution in [1.29, 1.82) is 5.26 Å². The number of nitrogens with one attached hydrogen (secondary N) is 2. The number of rotatable bonds is 2. The Balaban J connectivity index is 2.02. The van der Waals surface area contributed by atoms with Crippen LogP contribution in [-0.4, -0.2) is 11.6 Å². The van der Waals surface area contributed by atoms with E-state index in [9.17, 15) is 10.1 Å². The number of carbonyl (C=O) groups is 1. The molecule has 1 aliphatic rings. The van der Waals surface area contributed by atoms with Crippen LogP contribution in [0.4, 0.5) is 10.5 Å². The van der Waals surface area contributed by atoms with Gasteiger partial charge in [0.05, 0.1) is 6.07 Å². The fraction of sp³-hybridized carbons (Fsp3) is 0.500. The van der Waals surface area contributed by atoms with Gasteiger partial charge in [-0.2, -0.15) is 5.26 Å². The first-order valence-corrected chi connectivity index (χ1v) is 7.69. The predicted molar refractivity (Wildman–Crippen MR) is 84.4 cm³/mol. The molecule has 21 heavy (non-hydrogen) atoms. The lowest BCUT2D eigenvalue weighted by Crippen LogP contribution is -2.48. The van der Waals surface area contributed by atoms with Crippen LogP contribution in [0.15, 0.2) is 18.2 Å². The highest BCUT2D eigenvalue weighted by molar-refractivity contribution is 6.31. The van der Waals surface area contributed by atoms with Gasteiger partial charge in [0.15, 0.2) is 0 Å². The number of urea groups is 1. The standard InChI is InChI=1S/C16H20ClN3O/c1-12-6-7-13(10-14(12)17)19-15(21)20-16(11-18)8-4-2-3-5-9-16/h6-7,10H,2-5,8-9H2,1H3,(H2,19,20,21). The molecule has 1 aromatic rings. The van der Waals surface area contributed by atoms with Gasteiger partial charge in [-0.05, 0) is 37.5 Å². The zero-order chi connectivity index (χ0) is 15.3. The fourth-order valence-corrected chi connectivity index (χ4v) is 2.83. The maximum absolute atomic E-state index is 12.1. The van der Waals surface area contributed by atoms with Crippen molar-refractivity contribution in [2.45, 2.75) is 51.0 Å². The number of anilines is 1. The number of nitrogens with zero attached hydrogens (tertiary/aromatic N) is 1. The van der Waals surface area contributed by atoms with E-state index in [1.807, 2.05) is 13.0 Å². The molecule has 0 spiro atoms. The van der Waals surface area contributed by atoms with E-state index in [2.05, 4.69) is 16.7 Å².